The van der Waals surface area contributed by atoms with Gasteiger partial charge in [0.25, 0.3) is 0 Å². The molecule has 1 atom stereocenters. The molecule has 8 bridgehead atoms. The van der Waals surface area contributed by atoms with E-state index < -0.39 is 0 Å². The largest absolute Gasteiger partial charge is 0.494 e. The van der Waals surface area contributed by atoms with Crippen LogP contribution in [0.2, 0.25) is 0 Å². The molecule has 4 aromatic rings. The molecule has 8 nitrogen and oxygen atoms in total. The molecule has 5 heterocycles. The van der Waals surface area contributed by atoms with E-state index in [-0.39, 0.29) is 24.3 Å². The SMILES string of the molecule is NCCOc1cccc(CC(=O)N2CCc3cc4ccc3C2c2cccc(c2)OCCCNC(=O)CCc2ccc(cc2)O4)c1. The predicted octanol–water partition coefficient (Wildman–Crippen LogP) is 5.36. The number of carbonyl (C=O) groups excluding carboxylic acids is 2. The van der Waals surface area contributed by atoms with E-state index in [1.165, 1.54) is 0 Å². The van der Waals surface area contributed by atoms with E-state index in [0.717, 1.165) is 45.1 Å². The standard InChI is InChI=1S/C37H39N3O5/c38-17-21-44-31-6-1-4-27(22-31)23-36(42)40-19-16-28-24-33-13-14-34(28)37(40)29-5-2-7-32(25-29)43-20-3-18-39-35(41)15-10-26-8-11-30(45-33)12-9-26/h1-2,4-9,11-14,22,24-25,37H,3,10,15-21,23,38H2,(H,39,41). The van der Waals surface area contributed by atoms with Gasteiger partial charge in [-0.05, 0) is 95.6 Å². The first kappa shape index (κ1) is 30.2. The topological polar surface area (TPSA) is 103 Å². The fourth-order valence-corrected chi connectivity index (χ4v) is 5.96. The smallest absolute Gasteiger partial charge is 0.227 e. The maximum atomic E-state index is 14.0. The molecule has 3 N–H and O–H groups in total. The molecule has 2 amide bonds. The Balaban J connectivity index is 1.31. The third kappa shape index (κ3) is 7.64. The molecule has 8 heteroatoms. The van der Waals surface area contributed by atoms with Crippen molar-refractivity contribution in [2.45, 2.75) is 38.1 Å². The highest BCUT2D eigenvalue weighted by atomic mass is 16.5. The Labute approximate surface area is 264 Å². The van der Waals surface area contributed by atoms with Gasteiger partial charge in [-0.2, -0.15) is 0 Å². The number of benzene rings is 4. The fourth-order valence-electron chi connectivity index (χ4n) is 5.96. The summed E-state index contributed by atoms with van der Waals surface area (Å²) >= 11 is 0. The average molecular weight is 606 g/mol. The van der Waals surface area contributed by atoms with Crippen LogP contribution in [-0.2, 0) is 28.9 Å². The summed E-state index contributed by atoms with van der Waals surface area (Å²) in [7, 11) is 0. The van der Waals surface area contributed by atoms with Crippen LogP contribution in [0, 0.1) is 0 Å². The number of rotatable bonds is 5. The molecule has 45 heavy (non-hydrogen) atoms. The minimum atomic E-state index is -0.289. The summed E-state index contributed by atoms with van der Waals surface area (Å²) in [6.45, 7) is 2.44. The Morgan fingerprint density at radius 2 is 1.76 bits per heavy atom. The fraction of sp³-hybridized carbons (Fsp3) is 0.297. The number of hydrogen-bond donors (Lipinski definition) is 2. The lowest BCUT2D eigenvalue weighted by molar-refractivity contribution is -0.132. The summed E-state index contributed by atoms with van der Waals surface area (Å²) in [6.07, 6.45) is 2.75. The van der Waals surface area contributed by atoms with Gasteiger partial charge in [0.2, 0.25) is 11.8 Å². The molecule has 0 fully saturated rings. The van der Waals surface area contributed by atoms with Gasteiger partial charge in [0.05, 0.1) is 19.1 Å². The number of carbonyl (C=O) groups is 2. The molecule has 5 aliphatic rings. The maximum absolute atomic E-state index is 14.0. The summed E-state index contributed by atoms with van der Waals surface area (Å²) < 4.78 is 18.0. The van der Waals surface area contributed by atoms with Crippen LogP contribution >= 0.6 is 0 Å². The molecule has 0 aliphatic carbocycles. The van der Waals surface area contributed by atoms with Crippen molar-refractivity contribution in [3.05, 3.63) is 119 Å². The Morgan fingerprint density at radius 3 is 2.62 bits per heavy atom. The molecule has 0 radical (unpaired) electrons. The van der Waals surface area contributed by atoms with Crippen LogP contribution in [0.25, 0.3) is 0 Å². The molecule has 232 valence electrons. The quantitative estimate of drug-likeness (QED) is 0.317. The molecule has 0 aromatic heterocycles. The van der Waals surface area contributed by atoms with Crippen LogP contribution in [0.15, 0.2) is 91.0 Å². The van der Waals surface area contributed by atoms with E-state index in [0.29, 0.717) is 64.3 Å². The molecule has 9 rings (SSSR count). The number of hydrogen-bond acceptors (Lipinski definition) is 6. The van der Waals surface area contributed by atoms with Gasteiger partial charge >= 0.3 is 0 Å². The maximum Gasteiger partial charge on any atom is 0.227 e. The zero-order valence-electron chi connectivity index (χ0n) is 25.4. The van der Waals surface area contributed by atoms with Crippen molar-refractivity contribution >= 4 is 11.8 Å². The number of nitrogens with two attached hydrogens (primary N) is 1. The van der Waals surface area contributed by atoms with E-state index in [9.17, 15) is 9.59 Å². The van der Waals surface area contributed by atoms with E-state index >= 15 is 0 Å². The van der Waals surface area contributed by atoms with Gasteiger partial charge in [0.1, 0.15) is 29.6 Å². The zero-order valence-corrected chi connectivity index (χ0v) is 25.4. The van der Waals surface area contributed by atoms with E-state index in [1.54, 1.807) is 0 Å². The zero-order chi connectivity index (χ0) is 31.0. The van der Waals surface area contributed by atoms with E-state index in [1.807, 2.05) is 77.7 Å². The molecule has 4 aromatic carbocycles. The number of amides is 2. The van der Waals surface area contributed by atoms with Crippen LogP contribution in [0.4, 0.5) is 0 Å². The third-order valence-corrected chi connectivity index (χ3v) is 8.19. The summed E-state index contributed by atoms with van der Waals surface area (Å²) in [5.74, 6) is 2.98. The lowest BCUT2D eigenvalue weighted by atomic mass is 9.87. The molecular weight excluding hydrogens is 566 g/mol. The van der Waals surface area contributed by atoms with E-state index in [4.69, 9.17) is 19.9 Å². The Morgan fingerprint density at radius 1 is 0.911 bits per heavy atom. The average Bonchev–Trinajstić information content (AvgIpc) is 3.06. The monoisotopic (exact) mass is 605 g/mol. The first-order chi connectivity index (χ1) is 22.1. The lowest BCUT2D eigenvalue weighted by Gasteiger charge is -2.38. The number of nitrogens with zero attached hydrogens (tertiary/aromatic N) is 1. The van der Waals surface area contributed by atoms with Crippen LogP contribution in [-0.4, -0.2) is 49.6 Å². The van der Waals surface area contributed by atoms with Gasteiger partial charge in [-0.3, -0.25) is 9.59 Å². The van der Waals surface area contributed by atoms with Crippen LogP contribution in [0.5, 0.6) is 23.0 Å². The molecule has 0 saturated carbocycles. The van der Waals surface area contributed by atoms with Crippen molar-refractivity contribution in [3.63, 3.8) is 0 Å². The van der Waals surface area contributed by atoms with Crippen molar-refractivity contribution in [3.8, 4) is 23.0 Å². The van der Waals surface area contributed by atoms with Gasteiger partial charge < -0.3 is 30.2 Å². The van der Waals surface area contributed by atoms with Gasteiger partial charge in [-0.1, -0.05) is 42.5 Å². The summed E-state index contributed by atoms with van der Waals surface area (Å²) in [5.41, 5.74) is 10.8. The van der Waals surface area contributed by atoms with Gasteiger partial charge in [-0.15, -0.1) is 0 Å². The minimum Gasteiger partial charge on any atom is -0.494 e. The highest BCUT2D eigenvalue weighted by Crippen LogP contribution is 2.39. The van der Waals surface area contributed by atoms with Crippen molar-refractivity contribution in [1.82, 2.24) is 10.2 Å². The summed E-state index contributed by atoms with van der Waals surface area (Å²) in [6, 6.07) is 29.4. The Kier molecular flexibility index (Phi) is 9.61. The third-order valence-electron chi connectivity index (χ3n) is 8.19. The van der Waals surface area contributed by atoms with E-state index in [2.05, 4.69) is 23.5 Å². The first-order valence-corrected chi connectivity index (χ1v) is 15.7. The summed E-state index contributed by atoms with van der Waals surface area (Å²) in [4.78, 5) is 28.3. The number of ether oxygens (including phenoxy) is 3. The highest BCUT2D eigenvalue weighted by molar-refractivity contribution is 5.80. The van der Waals surface area contributed by atoms with Gasteiger partial charge in [-0.25, -0.2) is 0 Å². The Hall–Kier alpha value is -4.82. The Bertz CT molecular complexity index is 1640. The second kappa shape index (κ2) is 14.3. The van der Waals surface area contributed by atoms with Crippen molar-refractivity contribution in [2.24, 2.45) is 5.73 Å². The highest BCUT2D eigenvalue weighted by Gasteiger charge is 2.32. The van der Waals surface area contributed by atoms with Crippen LogP contribution in [0.3, 0.4) is 0 Å². The second-order valence-electron chi connectivity index (χ2n) is 11.4. The molecule has 0 spiro atoms. The lowest BCUT2D eigenvalue weighted by Crippen LogP contribution is -2.41. The van der Waals surface area contributed by atoms with Gasteiger partial charge in [0.15, 0.2) is 0 Å². The first-order valence-electron chi connectivity index (χ1n) is 15.7. The predicted molar refractivity (Wildman–Crippen MR) is 173 cm³/mol. The summed E-state index contributed by atoms with van der Waals surface area (Å²) in [5, 5.41) is 2.99. The molecule has 1 unspecified atom stereocenters. The minimum absolute atomic E-state index is 0.0244. The second-order valence-corrected chi connectivity index (χ2v) is 11.4. The van der Waals surface area contributed by atoms with Gasteiger partial charge in [0, 0.05) is 26.1 Å². The van der Waals surface area contributed by atoms with Crippen molar-refractivity contribution in [1.29, 1.82) is 0 Å². The number of aryl methyl sites for hydroxylation is 1. The molecular formula is C37H39N3O5. The van der Waals surface area contributed by atoms with Crippen LogP contribution in [0.1, 0.15) is 46.7 Å². The van der Waals surface area contributed by atoms with Crippen LogP contribution < -0.4 is 25.3 Å². The van der Waals surface area contributed by atoms with Crippen molar-refractivity contribution in [2.75, 3.05) is 32.8 Å². The molecule has 5 aliphatic heterocycles. The normalized spacial score (nSPS) is 16.6. The van der Waals surface area contributed by atoms with Crippen molar-refractivity contribution < 1.29 is 23.8 Å². The molecule has 0 saturated heterocycles. The number of nitrogens with one attached hydrogen (secondary N) is 1.